The standard InChI is InChI=1S/C13H17BrN2OS/c1-3-6-16(8-12(15)18)13(17)10-4-5-11(14)9(2)7-10/h4-5,7H,3,6,8H2,1-2H3,(H2,15,18). The molecule has 18 heavy (non-hydrogen) atoms. The Balaban J connectivity index is 2.93. The Hall–Kier alpha value is -0.940. The highest BCUT2D eigenvalue weighted by Crippen LogP contribution is 2.18. The van der Waals surface area contributed by atoms with E-state index in [-0.39, 0.29) is 5.91 Å². The fourth-order valence-electron chi connectivity index (χ4n) is 1.67. The van der Waals surface area contributed by atoms with Gasteiger partial charge < -0.3 is 10.6 Å². The zero-order valence-corrected chi connectivity index (χ0v) is 13.0. The Bertz CT molecular complexity index is 462. The van der Waals surface area contributed by atoms with Crippen molar-refractivity contribution >= 4 is 39.0 Å². The van der Waals surface area contributed by atoms with Gasteiger partial charge >= 0.3 is 0 Å². The molecule has 0 bridgehead atoms. The molecule has 0 radical (unpaired) electrons. The number of nitrogens with zero attached hydrogens (tertiary/aromatic N) is 1. The summed E-state index contributed by atoms with van der Waals surface area (Å²) in [6, 6.07) is 5.56. The number of aryl methyl sites for hydroxylation is 1. The van der Waals surface area contributed by atoms with Crippen molar-refractivity contribution in [2.45, 2.75) is 20.3 Å². The minimum atomic E-state index is -0.0275. The second kappa shape index (κ2) is 6.85. The number of thiocarbonyl (C=S) groups is 1. The van der Waals surface area contributed by atoms with Crippen LogP contribution in [0.15, 0.2) is 22.7 Å². The summed E-state index contributed by atoms with van der Waals surface area (Å²) >= 11 is 8.30. The molecule has 0 spiro atoms. The largest absolute Gasteiger partial charge is 0.392 e. The van der Waals surface area contributed by atoms with Gasteiger partial charge in [-0.05, 0) is 37.1 Å². The minimum absolute atomic E-state index is 0.0275. The first kappa shape index (κ1) is 15.1. The zero-order valence-electron chi connectivity index (χ0n) is 10.6. The van der Waals surface area contributed by atoms with Crippen LogP contribution in [0.2, 0.25) is 0 Å². The summed E-state index contributed by atoms with van der Waals surface area (Å²) in [6.07, 6.45) is 0.879. The van der Waals surface area contributed by atoms with Crippen molar-refractivity contribution in [2.24, 2.45) is 5.73 Å². The van der Waals surface area contributed by atoms with Crippen molar-refractivity contribution in [2.75, 3.05) is 13.1 Å². The molecule has 0 aromatic heterocycles. The molecule has 0 aliphatic carbocycles. The maximum Gasteiger partial charge on any atom is 0.254 e. The van der Waals surface area contributed by atoms with Crippen LogP contribution in [0.3, 0.4) is 0 Å². The van der Waals surface area contributed by atoms with Crippen LogP contribution >= 0.6 is 28.1 Å². The molecule has 0 unspecified atom stereocenters. The molecule has 1 amide bonds. The first-order valence-electron chi connectivity index (χ1n) is 5.79. The van der Waals surface area contributed by atoms with Gasteiger partial charge in [0.2, 0.25) is 0 Å². The van der Waals surface area contributed by atoms with Gasteiger partial charge in [0, 0.05) is 16.6 Å². The van der Waals surface area contributed by atoms with E-state index in [1.54, 1.807) is 4.90 Å². The third kappa shape index (κ3) is 4.07. The van der Waals surface area contributed by atoms with E-state index in [1.807, 2.05) is 32.0 Å². The minimum Gasteiger partial charge on any atom is -0.392 e. The maximum absolute atomic E-state index is 12.3. The first-order chi connectivity index (χ1) is 8.45. The van der Waals surface area contributed by atoms with Crippen molar-refractivity contribution in [1.82, 2.24) is 4.90 Å². The normalized spacial score (nSPS) is 10.2. The zero-order chi connectivity index (χ0) is 13.7. The van der Waals surface area contributed by atoms with Crippen LogP contribution in [-0.2, 0) is 0 Å². The Morgan fingerprint density at radius 2 is 2.17 bits per heavy atom. The summed E-state index contributed by atoms with van der Waals surface area (Å²) in [5.41, 5.74) is 7.23. The van der Waals surface area contributed by atoms with Gasteiger partial charge in [0.15, 0.2) is 0 Å². The second-order valence-corrected chi connectivity index (χ2v) is 5.54. The fourth-order valence-corrected chi connectivity index (χ4v) is 2.07. The highest BCUT2D eigenvalue weighted by atomic mass is 79.9. The van der Waals surface area contributed by atoms with Crippen molar-refractivity contribution < 1.29 is 4.79 Å². The predicted octanol–water partition coefficient (Wildman–Crippen LogP) is 2.90. The fraction of sp³-hybridized carbons (Fsp3) is 0.385. The smallest absolute Gasteiger partial charge is 0.254 e. The molecule has 1 aromatic carbocycles. The number of nitrogens with two attached hydrogens (primary N) is 1. The van der Waals surface area contributed by atoms with Gasteiger partial charge in [0.05, 0.1) is 11.5 Å². The third-order valence-electron chi connectivity index (χ3n) is 2.53. The molecule has 3 nitrogen and oxygen atoms in total. The average Bonchev–Trinajstić information content (AvgIpc) is 2.31. The number of carbonyl (C=O) groups is 1. The van der Waals surface area contributed by atoms with E-state index >= 15 is 0 Å². The number of halogens is 1. The molecule has 0 heterocycles. The highest BCUT2D eigenvalue weighted by molar-refractivity contribution is 9.10. The summed E-state index contributed by atoms with van der Waals surface area (Å²) in [6.45, 7) is 4.97. The van der Waals surface area contributed by atoms with E-state index in [4.69, 9.17) is 18.0 Å². The van der Waals surface area contributed by atoms with Crippen LogP contribution in [0.5, 0.6) is 0 Å². The molecule has 0 fully saturated rings. The molecule has 0 aliphatic heterocycles. The second-order valence-electron chi connectivity index (χ2n) is 4.16. The molecule has 0 aliphatic rings. The van der Waals surface area contributed by atoms with E-state index in [0.29, 0.717) is 23.6 Å². The lowest BCUT2D eigenvalue weighted by atomic mass is 10.1. The average molecular weight is 329 g/mol. The molecule has 98 valence electrons. The molecule has 0 saturated heterocycles. The molecular formula is C13H17BrN2OS. The predicted molar refractivity (Wildman–Crippen MR) is 81.9 cm³/mol. The summed E-state index contributed by atoms with van der Waals surface area (Å²) in [5.74, 6) is -0.0275. The first-order valence-corrected chi connectivity index (χ1v) is 6.99. The van der Waals surface area contributed by atoms with E-state index in [1.165, 1.54) is 0 Å². The lowest BCUT2D eigenvalue weighted by Gasteiger charge is -2.21. The van der Waals surface area contributed by atoms with E-state index in [0.717, 1.165) is 16.5 Å². The number of amides is 1. The third-order valence-corrected chi connectivity index (χ3v) is 3.55. The van der Waals surface area contributed by atoms with Gasteiger partial charge in [-0.3, -0.25) is 4.79 Å². The van der Waals surface area contributed by atoms with Gasteiger partial charge in [-0.2, -0.15) is 0 Å². The van der Waals surface area contributed by atoms with Crippen LogP contribution in [0.25, 0.3) is 0 Å². The van der Waals surface area contributed by atoms with Crippen LogP contribution in [0, 0.1) is 6.92 Å². The Morgan fingerprint density at radius 1 is 1.50 bits per heavy atom. The topological polar surface area (TPSA) is 46.3 Å². The quantitative estimate of drug-likeness (QED) is 0.845. The summed E-state index contributed by atoms with van der Waals surface area (Å²) < 4.78 is 0.996. The van der Waals surface area contributed by atoms with E-state index in [2.05, 4.69) is 15.9 Å². The molecule has 5 heteroatoms. The molecule has 2 N–H and O–H groups in total. The lowest BCUT2D eigenvalue weighted by molar-refractivity contribution is 0.0780. The summed E-state index contributed by atoms with van der Waals surface area (Å²) in [4.78, 5) is 14.4. The number of hydrogen-bond acceptors (Lipinski definition) is 2. The van der Waals surface area contributed by atoms with Gasteiger partial charge in [-0.15, -0.1) is 0 Å². The Morgan fingerprint density at radius 3 is 2.67 bits per heavy atom. The van der Waals surface area contributed by atoms with E-state index < -0.39 is 0 Å². The summed E-state index contributed by atoms with van der Waals surface area (Å²) in [5, 5.41) is 0. The number of carbonyl (C=O) groups excluding carboxylic acids is 1. The number of rotatable bonds is 5. The molecule has 0 saturated carbocycles. The lowest BCUT2D eigenvalue weighted by Crippen LogP contribution is -2.38. The summed E-state index contributed by atoms with van der Waals surface area (Å²) in [7, 11) is 0. The number of benzene rings is 1. The van der Waals surface area contributed by atoms with Crippen molar-refractivity contribution in [1.29, 1.82) is 0 Å². The van der Waals surface area contributed by atoms with Crippen LogP contribution in [0.1, 0.15) is 29.3 Å². The maximum atomic E-state index is 12.3. The van der Waals surface area contributed by atoms with Crippen molar-refractivity contribution in [3.05, 3.63) is 33.8 Å². The van der Waals surface area contributed by atoms with Crippen LogP contribution in [-0.4, -0.2) is 28.9 Å². The van der Waals surface area contributed by atoms with Crippen LogP contribution in [0.4, 0.5) is 0 Å². The Kier molecular flexibility index (Phi) is 5.75. The SMILES string of the molecule is CCCN(CC(N)=S)C(=O)c1ccc(Br)c(C)c1. The van der Waals surface area contributed by atoms with Gasteiger partial charge in [-0.1, -0.05) is 35.1 Å². The Labute approximate surface area is 121 Å². The van der Waals surface area contributed by atoms with Gasteiger partial charge in [0.1, 0.15) is 0 Å². The highest BCUT2D eigenvalue weighted by Gasteiger charge is 2.16. The molecule has 0 atom stereocenters. The van der Waals surface area contributed by atoms with Crippen molar-refractivity contribution in [3.63, 3.8) is 0 Å². The number of hydrogen-bond donors (Lipinski definition) is 1. The molecular weight excluding hydrogens is 312 g/mol. The van der Waals surface area contributed by atoms with Gasteiger partial charge in [-0.25, -0.2) is 0 Å². The molecule has 1 aromatic rings. The molecule has 1 rings (SSSR count). The van der Waals surface area contributed by atoms with E-state index in [9.17, 15) is 4.79 Å². The van der Waals surface area contributed by atoms with Gasteiger partial charge in [0.25, 0.3) is 5.91 Å². The van der Waals surface area contributed by atoms with Crippen LogP contribution < -0.4 is 5.73 Å². The monoisotopic (exact) mass is 328 g/mol. The van der Waals surface area contributed by atoms with Crippen molar-refractivity contribution in [3.8, 4) is 0 Å².